The number of ether oxygens (including phenoxy) is 3. The van der Waals surface area contributed by atoms with Crippen LogP contribution in [-0.4, -0.2) is 38.1 Å². The minimum absolute atomic E-state index is 0.113. The smallest absolute Gasteiger partial charge is 0.0707 e. The van der Waals surface area contributed by atoms with Gasteiger partial charge in [0.2, 0.25) is 0 Å². The molecule has 0 spiro atoms. The Kier molecular flexibility index (Phi) is 7.56. The van der Waals surface area contributed by atoms with Crippen LogP contribution < -0.4 is 0 Å². The molecule has 0 atom stereocenters. The molecule has 0 N–H and O–H groups in total. The fourth-order valence-electron chi connectivity index (χ4n) is 1.94. The van der Waals surface area contributed by atoms with E-state index in [9.17, 15) is 0 Å². The molecule has 0 saturated carbocycles. The summed E-state index contributed by atoms with van der Waals surface area (Å²) in [6.07, 6.45) is 2.08. The molecule has 3 heteroatoms. The van der Waals surface area contributed by atoms with E-state index in [2.05, 4.69) is 48.5 Å². The maximum atomic E-state index is 5.90. The molecule has 116 valence electrons. The molecule has 0 aliphatic heterocycles. The first-order valence-electron chi connectivity index (χ1n) is 7.35. The van der Waals surface area contributed by atoms with Crippen LogP contribution in [0.4, 0.5) is 0 Å². The van der Waals surface area contributed by atoms with E-state index in [1.807, 2.05) is 0 Å². The van der Waals surface area contributed by atoms with E-state index in [1.54, 1.807) is 7.11 Å². The van der Waals surface area contributed by atoms with Crippen LogP contribution in [0, 0.1) is 5.41 Å². The summed E-state index contributed by atoms with van der Waals surface area (Å²) in [5, 5.41) is 0. The van der Waals surface area contributed by atoms with Gasteiger partial charge >= 0.3 is 0 Å². The summed E-state index contributed by atoms with van der Waals surface area (Å²) in [5.74, 6) is 0. The van der Waals surface area contributed by atoms with Crippen molar-refractivity contribution < 1.29 is 14.2 Å². The highest BCUT2D eigenvalue weighted by Gasteiger charge is 2.38. The summed E-state index contributed by atoms with van der Waals surface area (Å²) in [6.45, 7) is 17.3. The second-order valence-corrected chi connectivity index (χ2v) is 6.93. The van der Waals surface area contributed by atoms with E-state index in [4.69, 9.17) is 14.2 Å². The highest BCUT2D eigenvalue weighted by molar-refractivity contribution is 4.89. The predicted octanol–water partition coefficient (Wildman–Crippen LogP) is 4.05. The van der Waals surface area contributed by atoms with Crippen LogP contribution in [0.5, 0.6) is 0 Å². The molecule has 19 heavy (non-hydrogen) atoms. The third kappa shape index (κ3) is 6.73. The van der Waals surface area contributed by atoms with Gasteiger partial charge in [0.05, 0.1) is 24.4 Å². The molecule has 0 aromatic carbocycles. The van der Waals surface area contributed by atoms with Crippen molar-refractivity contribution >= 4 is 0 Å². The minimum atomic E-state index is -0.121. The topological polar surface area (TPSA) is 27.7 Å². The summed E-state index contributed by atoms with van der Waals surface area (Å²) < 4.78 is 16.8. The van der Waals surface area contributed by atoms with Gasteiger partial charge in [0.25, 0.3) is 0 Å². The zero-order chi connectivity index (χ0) is 15.2. The minimum Gasteiger partial charge on any atom is -0.382 e. The fraction of sp³-hybridized carbons (Fsp3) is 1.00. The summed E-state index contributed by atoms with van der Waals surface area (Å²) in [6, 6.07) is 0. The van der Waals surface area contributed by atoms with Gasteiger partial charge in [0.15, 0.2) is 0 Å². The molecule has 0 fully saturated rings. The zero-order valence-corrected chi connectivity index (χ0v) is 14.3. The third-order valence-electron chi connectivity index (χ3n) is 4.27. The van der Waals surface area contributed by atoms with Crippen LogP contribution in [0.2, 0.25) is 0 Å². The first-order valence-corrected chi connectivity index (χ1v) is 7.35. The third-order valence-corrected chi connectivity index (χ3v) is 4.27. The molecule has 0 rings (SSSR count). The van der Waals surface area contributed by atoms with Crippen molar-refractivity contribution in [3.63, 3.8) is 0 Å². The molecule has 0 aliphatic carbocycles. The van der Waals surface area contributed by atoms with E-state index in [0.29, 0.717) is 13.2 Å². The van der Waals surface area contributed by atoms with Gasteiger partial charge in [-0.1, -0.05) is 13.8 Å². The number of hydrogen-bond acceptors (Lipinski definition) is 3. The highest BCUT2D eigenvalue weighted by atomic mass is 16.5. The molecule has 0 unspecified atom stereocenters. The lowest BCUT2D eigenvalue weighted by Gasteiger charge is -2.43. The molecular weight excluding hydrogens is 240 g/mol. The van der Waals surface area contributed by atoms with Gasteiger partial charge in [0, 0.05) is 13.7 Å². The Labute approximate surface area is 120 Å². The summed E-state index contributed by atoms with van der Waals surface area (Å²) >= 11 is 0. The van der Waals surface area contributed by atoms with Crippen LogP contribution in [0.1, 0.15) is 61.3 Å². The van der Waals surface area contributed by atoms with Gasteiger partial charge < -0.3 is 14.2 Å². The maximum Gasteiger partial charge on any atom is 0.0707 e. The standard InChI is InChI=1S/C16H34O3/c1-9-18-16(6,7)14(2,3)10-11-15(4,5)19-13-12-17-8/h9-13H2,1-8H3. The molecule has 0 aliphatic rings. The molecule has 0 bridgehead atoms. The van der Waals surface area contributed by atoms with Crippen molar-refractivity contribution in [2.24, 2.45) is 5.41 Å². The van der Waals surface area contributed by atoms with Gasteiger partial charge in [-0.15, -0.1) is 0 Å². The van der Waals surface area contributed by atoms with Gasteiger partial charge in [-0.25, -0.2) is 0 Å². The van der Waals surface area contributed by atoms with Crippen molar-refractivity contribution in [2.75, 3.05) is 26.9 Å². The van der Waals surface area contributed by atoms with E-state index in [-0.39, 0.29) is 16.6 Å². The summed E-state index contributed by atoms with van der Waals surface area (Å²) in [4.78, 5) is 0. The molecule has 0 radical (unpaired) electrons. The predicted molar refractivity (Wildman–Crippen MR) is 80.6 cm³/mol. The van der Waals surface area contributed by atoms with Gasteiger partial charge in [-0.05, 0) is 52.9 Å². The Morgan fingerprint density at radius 2 is 1.37 bits per heavy atom. The second kappa shape index (κ2) is 7.61. The molecule has 0 aromatic rings. The molecule has 0 heterocycles. The first-order chi connectivity index (χ1) is 8.58. The van der Waals surface area contributed by atoms with Crippen molar-refractivity contribution in [1.82, 2.24) is 0 Å². The lowest BCUT2D eigenvalue weighted by Crippen LogP contribution is -2.43. The van der Waals surface area contributed by atoms with Crippen LogP contribution in [0.3, 0.4) is 0 Å². The Bertz CT molecular complexity index is 244. The van der Waals surface area contributed by atoms with Crippen molar-refractivity contribution in [3.05, 3.63) is 0 Å². The van der Waals surface area contributed by atoms with E-state index in [1.165, 1.54) is 0 Å². The normalized spacial score (nSPS) is 13.9. The largest absolute Gasteiger partial charge is 0.382 e. The van der Waals surface area contributed by atoms with Crippen LogP contribution >= 0.6 is 0 Å². The Morgan fingerprint density at radius 3 is 1.84 bits per heavy atom. The number of rotatable bonds is 10. The molecule has 3 nitrogen and oxygen atoms in total. The van der Waals surface area contributed by atoms with Crippen LogP contribution in [0.15, 0.2) is 0 Å². The summed E-state index contributed by atoms with van der Waals surface area (Å²) in [7, 11) is 1.70. The lowest BCUT2D eigenvalue weighted by molar-refractivity contribution is -0.109. The van der Waals surface area contributed by atoms with Crippen molar-refractivity contribution in [1.29, 1.82) is 0 Å². The average Bonchev–Trinajstić information content (AvgIpc) is 2.27. The average molecular weight is 274 g/mol. The lowest BCUT2D eigenvalue weighted by atomic mass is 9.72. The SMILES string of the molecule is CCOC(C)(C)C(C)(C)CCC(C)(C)OCCOC. The first kappa shape index (κ1) is 18.9. The van der Waals surface area contributed by atoms with Crippen molar-refractivity contribution in [2.45, 2.75) is 72.5 Å². The monoisotopic (exact) mass is 274 g/mol. The molecule has 0 saturated heterocycles. The van der Waals surface area contributed by atoms with Gasteiger partial charge in [-0.2, -0.15) is 0 Å². The number of methoxy groups -OCH3 is 1. The summed E-state index contributed by atoms with van der Waals surface area (Å²) in [5.41, 5.74) is -0.118. The highest BCUT2D eigenvalue weighted by Crippen LogP contribution is 2.39. The van der Waals surface area contributed by atoms with E-state index < -0.39 is 0 Å². The number of hydrogen-bond donors (Lipinski definition) is 0. The molecular formula is C16H34O3. The van der Waals surface area contributed by atoms with E-state index >= 15 is 0 Å². The fourth-order valence-corrected chi connectivity index (χ4v) is 1.94. The van der Waals surface area contributed by atoms with Crippen LogP contribution in [0.25, 0.3) is 0 Å². The van der Waals surface area contributed by atoms with Crippen molar-refractivity contribution in [3.8, 4) is 0 Å². The Hall–Kier alpha value is -0.120. The van der Waals surface area contributed by atoms with Gasteiger partial charge in [-0.3, -0.25) is 0 Å². The van der Waals surface area contributed by atoms with E-state index in [0.717, 1.165) is 19.4 Å². The Morgan fingerprint density at radius 1 is 0.789 bits per heavy atom. The quantitative estimate of drug-likeness (QED) is 0.562. The molecule has 0 aromatic heterocycles. The maximum absolute atomic E-state index is 5.90. The Balaban J connectivity index is 4.35. The molecule has 0 amide bonds. The zero-order valence-electron chi connectivity index (χ0n) is 14.3. The second-order valence-electron chi connectivity index (χ2n) is 6.93. The van der Waals surface area contributed by atoms with Gasteiger partial charge in [0.1, 0.15) is 0 Å². The van der Waals surface area contributed by atoms with Crippen LogP contribution in [-0.2, 0) is 14.2 Å².